The van der Waals surface area contributed by atoms with E-state index in [-0.39, 0.29) is 5.69 Å². The molecular weight excluding hydrogens is 268 g/mol. The van der Waals surface area contributed by atoms with E-state index in [1.54, 1.807) is 5.32 Å². The number of hydrogen-bond acceptors (Lipinski definition) is 2. The second kappa shape index (κ2) is 4.86. The van der Waals surface area contributed by atoms with Crippen LogP contribution in [0.2, 0.25) is 0 Å². The fourth-order valence-corrected chi connectivity index (χ4v) is 1.15. The highest BCUT2D eigenvalue weighted by Gasteiger charge is 2.60. The zero-order valence-corrected chi connectivity index (χ0v) is 8.56. The van der Waals surface area contributed by atoms with Crippen molar-refractivity contribution in [3.05, 3.63) is 18.2 Å². The Labute approximate surface area is 96.4 Å². The van der Waals surface area contributed by atoms with Crippen molar-refractivity contribution in [1.29, 1.82) is 0 Å². The van der Waals surface area contributed by atoms with Gasteiger partial charge < -0.3 is 10.3 Å². The van der Waals surface area contributed by atoms with E-state index in [1.807, 2.05) is 0 Å². The minimum atomic E-state index is -5.68. The van der Waals surface area contributed by atoms with Gasteiger partial charge in [-0.1, -0.05) is 0 Å². The van der Waals surface area contributed by atoms with Gasteiger partial charge in [-0.25, -0.2) is 4.98 Å². The Morgan fingerprint density at radius 1 is 1.28 bits per heavy atom. The summed E-state index contributed by atoms with van der Waals surface area (Å²) < 4.78 is 72.8. The van der Waals surface area contributed by atoms with Crippen molar-refractivity contribution < 1.29 is 31.1 Å². The van der Waals surface area contributed by atoms with Crippen LogP contribution in [0.3, 0.4) is 0 Å². The molecule has 102 valence electrons. The van der Waals surface area contributed by atoms with Gasteiger partial charge in [-0.2, -0.15) is 26.3 Å². The molecule has 0 fully saturated rings. The van der Waals surface area contributed by atoms with Crippen LogP contribution in [-0.4, -0.2) is 28.2 Å². The highest BCUT2D eigenvalue weighted by atomic mass is 19.4. The minimum Gasteiger partial charge on any atom is -0.350 e. The molecule has 1 aromatic heterocycles. The number of H-pyrrole nitrogens is 1. The summed E-state index contributed by atoms with van der Waals surface area (Å²) in [5.74, 6) is -6.18. The number of aromatic amines is 1. The third-order valence-electron chi connectivity index (χ3n) is 1.92. The number of carbonyl (C=O) groups excluding carboxylic acids is 1. The van der Waals surface area contributed by atoms with Gasteiger partial charge >= 0.3 is 12.4 Å². The molecule has 0 aromatic carbocycles. The van der Waals surface area contributed by atoms with Gasteiger partial charge in [0.05, 0.1) is 18.6 Å². The van der Waals surface area contributed by atoms with E-state index in [4.69, 9.17) is 0 Å². The number of halogens is 6. The molecule has 4 nitrogen and oxygen atoms in total. The van der Waals surface area contributed by atoms with E-state index in [0.29, 0.717) is 0 Å². The number of imidazole rings is 1. The van der Waals surface area contributed by atoms with Gasteiger partial charge in [0.2, 0.25) is 11.8 Å². The van der Waals surface area contributed by atoms with Crippen LogP contribution >= 0.6 is 0 Å². The lowest BCUT2D eigenvalue weighted by molar-refractivity contribution is -0.274. The van der Waals surface area contributed by atoms with Gasteiger partial charge in [-0.05, 0) is 0 Å². The monoisotopic (exact) mass is 275 g/mol. The minimum absolute atomic E-state index is 0.187. The van der Waals surface area contributed by atoms with E-state index in [9.17, 15) is 31.1 Å². The number of nitrogens with zero attached hydrogens (tertiary/aromatic N) is 1. The molecule has 0 unspecified atom stereocenters. The van der Waals surface area contributed by atoms with Crippen molar-refractivity contribution in [2.75, 3.05) is 0 Å². The normalized spacial score (nSPS) is 12.8. The van der Waals surface area contributed by atoms with Crippen molar-refractivity contribution in [3.63, 3.8) is 0 Å². The summed E-state index contributed by atoms with van der Waals surface area (Å²) in [4.78, 5) is 16.9. The Morgan fingerprint density at radius 2 is 1.83 bits per heavy atom. The zero-order chi connectivity index (χ0) is 14.0. The van der Waals surface area contributed by atoms with Crippen molar-refractivity contribution in [2.24, 2.45) is 5.92 Å². The Kier molecular flexibility index (Phi) is 3.87. The maximum atomic E-state index is 12.1. The molecule has 0 aliphatic carbocycles. The first-order valence-corrected chi connectivity index (χ1v) is 4.50. The second-order valence-electron chi connectivity index (χ2n) is 3.31. The summed E-state index contributed by atoms with van der Waals surface area (Å²) in [6, 6.07) is 0. The van der Waals surface area contributed by atoms with Gasteiger partial charge in [0.15, 0.2) is 0 Å². The van der Waals surface area contributed by atoms with Gasteiger partial charge in [0, 0.05) is 6.20 Å². The Balaban J connectivity index is 2.72. The summed E-state index contributed by atoms with van der Waals surface area (Å²) >= 11 is 0. The standard InChI is InChI=1S/C8H7F6N3O/c9-7(10,11)5(8(12,13)14)6(18)16-2-4-1-15-3-17-4/h1,3,5H,2H2,(H,15,17)(H,16,18). The van der Waals surface area contributed by atoms with E-state index in [1.165, 1.54) is 6.33 Å². The van der Waals surface area contributed by atoms with Gasteiger partial charge in [-0.15, -0.1) is 0 Å². The van der Waals surface area contributed by atoms with Crippen LogP contribution in [0.25, 0.3) is 0 Å². The fourth-order valence-electron chi connectivity index (χ4n) is 1.15. The average molecular weight is 275 g/mol. The topological polar surface area (TPSA) is 57.8 Å². The van der Waals surface area contributed by atoms with Crippen molar-refractivity contribution in [2.45, 2.75) is 18.9 Å². The number of carbonyl (C=O) groups is 1. The van der Waals surface area contributed by atoms with E-state index >= 15 is 0 Å². The predicted octanol–water partition coefficient (Wildman–Crippen LogP) is 1.77. The van der Waals surface area contributed by atoms with Crippen LogP contribution < -0.4 is 5.32 Å². The first kappa shape index (κ1) is 14.3. The quantitative estimate of drug-likeness (QED) is 0.826. The molecule has 0 aliphatic rings. The summed E-state index contributed by atoms with van der Waals surface area (Å²) in [5, 5.41) is 1.55. The number of amides is 1. The molecule has 0 atom stereocenters. The predicted molar refractivity (Wildman–Crippen MR) is 46.0 cm³/mol. The first-order valence-electron chi connectivity index (χ1n) is 4.50. The van der Waals surface area contributed by atoms with Crippen LogP contribution in [0.5, 0.6) is 0 Å². The molecule has 1 rings (SSSR count). The van der Waals surface area contributed by atoms with Crippen LogP contribution in [0.4, 0.5) is 26.3 Å². The lowest BCUT2D eigenvalue weighted by Gasteiger charge is -2.21. The lowest BCUT2D eigenvalue weighted by atomic mass is 10.1. The number of hydrogen-bond donors (Lipinski definition) is 2. The molecule has 18 heavy (non-hydrogen) atoms. The molecule has 10 heteroatoms. The number of aromatic nitrogens is 2. The maximum absolute atomic E-state index is 12.1. The van der Waals surface area contributed by atoms with Crippen LogP contribution in [0, 0.1) is 5.92 Å². The number of alkyl halides is 6. The highest BCUT2D eigenvalue weighted by molar-refractivity contribution is 5.80. The summed E-state index contributed by atoms with van der Waals surface area (Å²) in [5.41, 5.74) is 0.187. The lowest BCUT2D eigenvalue weighted by Crippen LogP contribution is -2.47. The molecular formula is C8H7F6N3O. The highest BCUT2D eigenvalue weighted by Crippen LogP contribution is 2.39. The number of rotatable bonds is 3. The summed E-state index contributed by atoms with van der Waals surface area (Å²) in [6.07, 6.45) is -9.03. The van der Waals surface area contributed by atoms with Crippen LogP contribution in [0.1, 0.15) is 5.69 Å². The Morgan fingerprint density at radius 3 is 2.22 bits per heavy atom. The third kappa shape index (κ3) is 3.64. The Hall–Kier alpha value is -1.74. The average Bonchev–Trinajstić information content (AvgIpc) is 2.61. The zero-order valence-electron chi connectivity index (χ0n) is 8.56. The van der Waals surface area contributed by atoms with Crippen LogP contribution in [0.15, 0.2) is 12.5 Å². The van der Waals surface area contributed by atoms with Crippen molar-refractivity contribution >= 4 is 5.91 Å². The molecule has 0 radical (unpaired) electrons. The molecule has 2 N–H and O–H groups in total. The van der Waals surface area contributed by atoms with Crippen molar-refractivity contribution in [1.82, 2.24) is 15.3 Å². The first-order chi connectivity index (χ1) is 8.12. The molecule has 1 amide bonds. The summed E-state index contributed by atoms with van der Waals surface area (Å²) in [6.45, 7) is -0.499. The Bertz CT molecular complexity index is 382. The number of nitrogens with one attached hydrogen (secondary N) is 2. The fraction of sp³-hybridized carbons (Fsp3) is 0.500. The molecule has 0 saturated carbocycles. The van der Waals surface area contributed by atoms with Gasteiger partial charge in [0.1, 0.15) is 0 Å². The third-order valence-corrected chi connectivity index (χ3v) is 1.92. The van der Waals surface area contributed by atoms with Crippen LogP contribution in [-0.2, 0) is 11.3 Å². The molecule has 0 aliphatic heterocycles. The van der Waals surface area contributed by atoms with Gasteiger partial charge in [-0.3, -0.25) is 4.79 Å². The molecule has 0 spiro atoms. The molecule has 1 aromatic rings. The van der Waals surface area contributed by atoms with E-state index in [2.05, 4.69) is 9.97 Å². The smallest absolute Gasteiger partial charge is 0.350 e. The SMILES string of the molecule is O=C(NCc1cnc[nH]1)C(C(F)(F)F)C(F)(F)F. The largest absolute Gasteiger partial charge is 0.409 e. The molecule has 1 heterocycles. The van der Waals surface area contributed by atoms with E-state index < -0.39 is 30.7 Å². The summed E-state index contributed by atoms with van der Waals surface area (Å²) in [7, 11) is 0. The van der Waals surface area contributed by atoms with E-state index in [0.717, 1.165) is 6.20 Å². The van der Waals surface area contributed by atoms with Gasteiger partial charge in [0.25, 0.3) is 0 Å². The second-order valence-corrected chi connectivity index (χ2v) is 3.31. The molecule has 0 bridgehead atoms. The van der Waals surface area contributed by atoms with Crippen molar-refractivity contribution in [3.8, 4) is 0 Å². The molecule has 0 saturated heterocycles. The maximum Gasteiger partial charge on any atom is 0.409 e.